The van der Waals surface area contributed by atoms with Crippen LogP contribution in [0.3, 0.4) is 0 Å². The average Bonchev–Trinajstić information content (AvgIpc) is 2.53. The molecule has 0 rings (SSSR count). The molecular formula is C19H34O9. The zero-order valence-corrected chi connectivity index (χ0v) is 17.2. The number of ether oxygens (including phenoxy) is 3. The molecule has 0 radical (unpaired) electrons. The van der Waals surface area contributed by atoms with Gasteiger partial charge in [0.05, 0.1) is 44.9 Å². The summed E-state index contributed by atoms with van der Waals surface area (Å²) in [6.07, 6.45) is -1.99. The van der Waals surface area contributed by atoms with Crippen molar-refractivity contribution in [2.45, 2.75) is 77.6 Å². The molecule has 3 atom stereocenters. The van der Waals surface area contributed by atoms with E-state index in [1.807, 2.05) is 13.8 Å². The lowest BCUT2D eigenvalue weighted by atomic mass is 9.95. The third-order valence-electron chi connectivity index (χ3n) is 3.78. The maximum Gasteiger partial charge on any atom is 0.339 e. The minimum Gasteiger partial charge on any atom is -0.466 e. The van der Waals surface area contributed by atoms with E-state index in [-0.39, 0.29) is 32.7 Å². The van der Waals surface area contributed by atoms with Crippen molar-refractivity contribution < 1.29 is 43.9 Å². The van der Waals surface area contributed by atoms with Gasteiger partial charge in [-0.1, -0.05) is 13.8 Å². The molecule has 0 spiro atoms. The number of rotatable bonds is 14. The molecule has 0 bridgehead atoms. The highest BCUT2D eigenvalue weighted by Gasteiger charge is 2.43. The Labute approximate surface area is 166 Å². The van der Waals surface area contributed by atoms with Crippen LogP contribution in [0.1, 0.15) is 59.8 Å². The van der Waals surface area contributed by atoms with E-state index < -0.39 is 48.6 Å². The number of aliphatic hydroxyl groups excluding tert-OH is 2. The molecule has 28 heavy (non-hydrogen) atoms. The topological polar surface area (TPSA) is 140 Å². The van der Waals surface area contributed by atoms with Crippen molar-refractivity contribution in [3.8, 4) is 0 Å². The van der Waals surface area contributed by atoms with Gasteiger partial charge in [-0.15, -0.1) is 0 Å². The van der Waals surface area contributed by atoms with Crippen molar-refractivity contribution in [2.75, 3.05) is 19.8 Å². The number of aliphatic hydroxyl groups is 3. The molecule has 0 aromatic carbocycles. The molecule has 0 aliphatic heterocycles. The summed E-state index contributed by atoms with van der Waals surface area (Å²) in [6, 6.07) is 0. The Morgan fingerprint density at radius 3 is 1.54 bits per heavy atom. The van der Waals surface area contributed by atoms with E-state index in [1.165, 1.54) is 13.8 Å². The van der Waals surface area contributed by atoms with Crippen LogP contribution in [-0.4, -0.2) is 70.9 Å². The van der Waals surface area contributed by atoms with E-state index in [0.717, 1.165) is 0 Å². The van der Waals surface area contributed by atoms with Crippen molar-refractivity contribution in [3.05, 3.63) is 0 Å². The van der Waals surface area contributed by atoms with E-state index >= 15 is 0 Å². The summed E-state index contributed by atoms with van der Waals surface area (Å²) >= 11 is 0. The van der Waals surface area contributed by atoms with Crippen LogP contribution in [0.25, 0.3) is 0 Å². The van der Waals surface area contributed by atoms with Crippen molar-refractivity contribution in [1.82, 2.24) is 0 Å². The Bertz CT molecular complexity index is 458. The Hall–Kier alpha value is -1.71. The molecule has 9 nitrogen and oxygen atoms in total. The fraction of sp³-hybridized carbons (Fsp3) is 0.842. The summed E-state index contributed by atoms with van der Waals surface area (Å²) in [7, 11) is 0. The maximum atomic E-state index is 12.3. The van der Waals surface area contributed by atoms with Gasteiger partial charge in [0.1, 0.15) is 0 Å². The summed E-state index contributed by atoms with van der Waals surface area (Å²) in [5, 5.41) is 29.0. The van der Waals surface area contributed by atoms with Gasteiger partial charge < -0.3 is 29.5 Å². The second kappa shape index (κ2) is 13.5. The largest absolute Gasteiger partial charge is 0.466 e. The molecule has 0 aromatic rings. The fourth-order valence-corrected chi connectivity index (χ4v) is 1.99. The van der Waals surface area contributed by atoms with Crippen LogP contribution in [0.4, 0.5) is 0 Å². The van der Waals surface area contributed by atoms with Gasteiger partial charge >= 0.3 is 17.9 Å². The first-order chi connectivity index (χ1) is 13.0. The van der Waals surface area contributed by atoms with Crippen LogP contribution < -0.4 is 0 Å². The predicted molar refractivity (Wildman–Crippen MR) is 99.1 cm³/mol. The SMILES string of the molecule is CC(C)CCOC(=O)CC(O)(CC(=O)OCCC(C)O)C(=O)OCCC(C)O. The molecule has 0 aliphatic rings. The normalized spacial score (nSPS) is 15.4. The highest BCUT2D eigenvalue weighted by molar-refractivity contribution is 5.90. The Kier molecular flexibility index (Phi) is 12.6. The molecular weight excluding hydrogens is 372 g/mol. The van der Waals surface area contributed by atoms with Gasteiger partial charge in [-0.3, -0.25) is 9.59 Å². The summed E-state index contributed by atoms with van der Waals surface area (Å²) in [6.45, 7) is 6.78. The van der Waals surface area contributed by atoms with Gasteiger partial charge in [0.25, 0.3) is 0 Å². The molecule has 0 saturated heterocycles. The van der Waals surface area contributed by atoms with Gasteiger partial charge in [0.2, 0.25) is 0 Å². The highest BCUT2D eigenvalue weighted by atomic mass is 16.6. The van der Waals surface area contributed by atoms with Crippen LogP contribution >= 0.6 is 0 Å². The summed E-state index contributed by atoms with van der Waals surface area (Å²) in [5.74, 6) is -2.61. The Balaban J connectivity index is 4.90. The number of esters is 3. The van der Waals surface area contributed by atoms with E-state index in [9.17, 15) is 29.7 Å². The fourth-order valence-electron chi connectivity index (χ4n) is 1.99. The summed E-state index contributed by atoms with van der Waals surface area (Å²) in [4.78, 5) is 36.2. The van der Waals surface area contributed by atoms with Gasteiger partial charge in [-0.2, -0.15) is 0 Å². The third kappa shape index (κ3) is 12.6. The Morgan fingerprint density at radius 1 is 0.750 bits per heavy atom. The van der Waals surface area contributed by atoms with Gasteiger partial charge in [0, 0.05) is 12.8 Å². The highest BCUT2D eigenvalue weighted by Crippen LogP contribution is 2.20. The van der Waals surface area contributed by atoms with E-state index in [1.54, 1.807) is 0 Å². The second-order valence-corrected chi connectivity index (χ2v) is 7.42. The second-order valence-electron chi connectivity index (χ2n) is 7.42. The average molecular weight is 406 g/mol. The van der Waals surface area contributed by atoms with E-state index in [4.69, 9.17) is 14.2 Å². The Morgan fingerprint density at radius 2 is 1.14 bits per heavy atom. The van der Waals surface area contributed by atoms with Gasteiger partial charge in [-0.05, 0) is 26.2 Å². The third-order valence-corrected chi connectivity index (χ3v) is 3.78. The molecule has 3 N–H and O–H groups in total. The quantitative estimate of drug-likeness (QED) is 0.281. The van der Waals surface area contributed by atoms with E-state index in [0.29, 0.717) is 12.3 Å². The first-order valence-corrected chi connectivity index (χ1v) is 9.53. The maximum absolute atomic E-state index is 12.3. The minimum atomic E-state index is -2.43. The van der Waals surface area contributed by atoms with Crippen molar-refractivity contribution in [2.24, 2.45) is 5.92 Å². The first kappa shape index (κ1) is 26.3. The van der Waals surface area contributed by atoms with Crippen LogP contribution in [0.15, 0.2) is 0 Å². The van der Waals surface area contributed by atoms with Crippen LogP contribution in [0, 0.1) is 5.92 Å². The molecule has 9 heteroatoms. The van der Waals surface area contributed by atoms with Crippen molar-refractivity contribution in [3.63, 3.8) is 0 Å². The molecule has 0 fully saturated rings. The summed E-state index contributed by atoms with van der Waals surface area (Å²) in [5.41, 5.74) is -2.43. The molecule has 0 heterocycles. The summed E-state index contributed by atoms with van der Waals surface area (Å²) < 4.78 is 14.8. The molecule has 0 amide bonds. The van der Waals surface area contributed by atoms with Crippen LogP contribution in [0.2, 0.25) is 0 Å². The predicted octanol–water partition coefficient (Wildman–Crippen LogP) is 0.715. The molecule has 0 aliphatic carbocycles. The smallest absolute Gasteiger partial charge is 0.339 e. The van der Waals surface area contributed by atoms with Crippen LogP contribution in [-0.2, 0) is 28.6 Å². The monoisotopic (exact) mass is 406 g/mol. The van der Waals surface area contributed by atoms with Crippen molar-refractivity contribution in [1.29, 1.82) is 0 Å². The number of carbonyl (C=O) groups excluding carboxylic acids is 3. The minimum absolute atomic E-state index is 0.0948. The lowest BCUT2D eigenvalue weighted by molar-refractivity contribution is -0.178. The number of hydrogen-bond donors (Lipinski definition) is 3. The van der Waals surface area contributed by atoms with Crippen molar-refractivity contribution >= 4 is 17.9 Å². The molecule has 3 unspecified atom stereocenters. The zero-order chi connectivity index (χ0) is 21.7. The number of hydrogen-bond acceptors (Lipinski definition) is 9. The van der Waals surface area contributed by atoms with Gasteiger partial charge in [0.15, 0.2) is 5.60 Å². The van der Waals surface area contributed by atoms with Gasteiger partial charge in [-0.25, -0.2) is 4.79 Å². The molecule has 0 aromatic heterocycles. The lowest BCUT2D eigenvalue weighted by Crippen LogP contribution is -2.45. The van der Waals surface area contributed by atoms with E-state index in [2.05, 4.69) is 0 Å². The molecule has 0 saturated carbocycles. The standard InChI is InChI=1S/C19H34O9/c1-13(2)5-8-26-16(22)11-19(25,18(24)28-10-7-15(4)21)12-17(23)27-9-6-14(3)20/h13-15,20-21,25H,5-12H2,1-4H3. The first-order valence-electron chi connectivity index (χ1n) is 9.53. The molecule has 164 valence electrons. The number of carbonyl (C=O) groups is 3. The van der Waals surface area contributed by atoms with Crippen LogP contribution in [0.5, 0.6) is 0 Å². The zero-order valence-electron chi connectivity index (χ0n) is 17.2. The lowest BCUT2D eigenvalue weighted by Gasteiger charge is -2.24.